The van der Waals surface area contributed by atoms with Crippen molar-refractivity contribution in [2.45, 2.75) is 37.9 Å². The molecule has 2 aromatic rings. The Kier molecular flexibility index (Phi) is 9.77. The molecule has 0 fully saturated rings. The van der Waals surface area contributed by atoms with Crippen molar-refractivity contribution >= 4 is 21.6 Å². The van der Waals surface area contributed by atoms with Gasteiger partial charge >= 0.3 is 0 Å². The van der Waals surface area contributed by atoms with Crippen LogP contribution in [0.5, 0.6) is 0 Å². The summed E-state index contributed by atoms with van der Waals surface area (Å²) in [6.45, 7) is 4.40. The van der Waals surface area contributed by atoms with E-state index in [1.807, 2.05) is 0 Å². The number of carbonyl (C=O) groups is 1. The molecule has 0 aliphatic carbocycles. The molecule has 0 saturated heterocycles. The van der Waals surface area contributed by atoms with Gasteiger partial charge in [0.2, 0.25) is 10.0 Å². The Morgan fingerprint density at radius 3 is 2.15 bits per heavy atom. The second kappa shape index (κ2) is 12.1. The highest BCUT2D eigenvalue weighted by molar-refractivity contribution is 7.89. The van der Waals surface area contributed by atoms with Gasteiger partial charge in [0, 0.05) is 43.1 Å². The lowest BCUT2D eigenvalue weighted by Gasteiger charge is -2.16. The van der Waals surface area contributed by atoms with Gasteiger partial charge in [-0.25, -0.2) is 30.7 Å². The zero-order valence-electron chi connectivity index (χ0n) is 18.0. The molecule has 0 bridgehead atoms. The van der Waals surface area contributed by atoms with Crippen LogP contribution < -0.4 is 10.0 Å². The number of amides is 1. The van der Waals surface area contributed by atoms with Gasteiger partial charge in [-0.1, -0.05) is 0 Å². The third-order valence-corrected chi connectivity index (χ3v) is 5.81. The van der Waals surface area contributed by atoms with E-state index in [1.54, 1.807) is 13.8 Å². The van der Waals surface area contributed by atoms with E-state index in [0.29, 0.717) is 38.2 Å². The summed E-state index contributed by atoms with van der Waals surface area (Å²) in [6.07, 6.45) is 0.252. The van der Waals surface area contributed by atoms with Crippen molar-refractivity contribution in [1.82, 2.24) is 4.72 Å². The number of hydrogen-bond acceptors (Lipinski definition) is 5. The van der Waals surface area contributed by atoms with Crippen LogP contribution in [0.15, 0.2) is 35.2 Å². The summed E-state index contributed by atoms with van der Waals surface area (Å²) >= 11 is 0. The molecule has 0 radical (unpaired) electrons. The Bertz CT molecular complexity index is 1050. The highest BCUT2D eigenvalue weighted by atomic mass is 32.2. The molecule has 0 atom stereocenters. The first-order valence-electron chi connectivity index (χ1n) is 10.1. The molecule has 0 aromatic heterocycles. The molecule has 0 unspecified atom stereocenters. The van der Waals surface area contributed by atoms with E-state index in [0.717, 1.165) is 18.2 Å². The third-order valence-electron chi connectivity index (χ3n) is 4.34. The Hall–Kier alpha value is -2.54. The minimum Gasteiger partial charge on any atom is -0.353 e. The third kappa shape index (κ3) is 7.49. The second-order valence-corrected chi connectivity index (χ2v) is 8.47. The van der Waals surface area contributed by atoms with Crippen molar-refractivity contribution in [3.63, 3.8) is 0 Å². The van der Waals surface area contributed by atoms with E-state index in [4.69, 9.17) is 9.47 Å². The van der Waals surface area contributed by atoms with Crippen molar-refractivity contribution < 1.29 is 40.2 Å². The van der Waals surface area contributed by atoms with E-state index < -0.39 is 56.1 Å². The Morgan fingerprint density at radius 2 is 1.58 bits per heavy atom. The molecule has 33 heavy (non-hydrogen) atoms. The van der Waals surface area contributed by atoms with Crippen LogP contribution in [0, 0.1) is 23.3 Å². The molecule has 0 spiro atoms. The molecule has 0 aliphatic rings. The first-order chi connectivity index (χ1) is 15.6. The fourth-order valence-corrected chi connectivity index (χ4v) is 4.00. The zero-order chi connectivity index (χ0) is 24.6. The summed E-state index contributed by atoms with van der Waals surface area (Å²) in [5.41, 5.74) is -0.698. The molecular formula is C21H24F4N2O5S. The predicted molar refractivity (Wildman–Crippen MR) is 112 cm³/mol. The van der Waals surface area contributed by atoms with Gasteiger partial charge in [-0.15, -0.1) is 0 Å². The first kappa shape index (κ1) is 26.7. The van der Waals surface area contributed by atoms with Gasteiger partial charge in [0.25, 0.3) is 5.91 Å². The number of sulfonamides is 1. The minimum absolute atomic E-state index is 0.0387. The summed E-state index contributed by atoms with van der Waals surface area (Å²) in [5, 5.41) is 2.10. The summed E-state index contributed by atoms with van der Waals surface area (Å²) in [6, 6.07) is 3.66. The first-order valence-corrected chi connectivity index (χ1v) is 11.6. The Morgan fingerprint density at radius 1 is 0.970 bits per heavy atom. The summed E-state index contributed by atoms with van der Waals surface area (Å²) in [4.78, 5) is 11.6. The maximum absolute atomic E-state index is 14.2. The maximum Gasteiger partial charge on any atom is 0.255 e. The lowest BCUT2D eigenvalue weighted by Crippen LogP contribution is -2.27. The fraction of sp³-hybridized carbons (Fsp3) is 0.381. The number of halogens is 4. The van der Waals surface area contributed by atoms with E-state index in [9.17, 15) is 30.8 Å². The summed E-state index contributed by atoms with van der Waals surface area (Å²) in [5.74, 6) is -6.82. The van der Waals surface area contributed by atoms with Crippen LogP contribution in [0.25, 0.3) is 0 Å². The number of carbonyl (C=O) groups excluding carboxylic acids is 1. The number of nitrogens with one attached hydrogen (secondary N) is 2. The van der Waals surface area contributed by atoms with E-state index in [1.165, 1.54) is 0 Å². The fourth-order valence-electron chi connectivity index (χ4n) is 2.82. The molecule has 12 heteroatoms. The van der Waals surface area contributed by atoms with Crippen LogP contribution >= 0.6 is 0 Å². The van der Waals surface area contributed by atoms with Gasteiger partial charge in [0.15, 0.2) is 23.7 Å². The van der Waals surface area contributed by atoms with Gasteiger partial charge in [-0.05, 0) is 44.9 Å². The van der Waals surface area contributed by atoms with Crippen LogP contribution in [-0.4, -0.2) is 40.4 Å². The molecule has 0 aliphatic heterocycles. The molecule has 0 saturated carbocycles. The lowest BCUT2D eigenvalue weighted by atomic mass is 10.2. The highest BCUT2D eigenvalue weighted by Crippen LogP contribution is 2.20. The Labute approximate surface area is 189 Å². The van der Waals surface area contributed by atoms with Gasteiger partial charge in [0.1, 0.15) is 10.7 Å². The molecular weight excluding hydrogens is 468 g/mol. The number of anilines is 1. The number of rotatable bonds is 12. The van der Waals surface area contributed by atoms with Crippen LogP contribution in [0.4, 0.5) is 23.2 Å². The second-order valence-electron chi connectivity index (χ2n) is 6.73. The van der Waals surface area contributed by atoms with Crippen LogP contribution in [0.3, 0.4) is 0 Å². The summed E-state index contributed by atoms with van der Waals surface area (Å²) in [7, 11) is -4.32. The number of benzene rings is 2. The molecule has 1 amide bonds. The van der Waals surface area contributed by atoms with Crippen LogP contribution in [-0.2, 0) is 19.5 Å². The summed E-state index contributed by atoms with van der Waals surface area (Å²) < 4.78 is 91.9. The average Bonchev–Trinajstić information content (AvgIpc) is 2.75. The highest BCUT2D eigenvalue weighted by Gasteiger charge is 2.22. The number of ether oxygens (including phenoxy) is 2. The Balaban J connectivity index is 2.09. The normalized spacial score (nSPS) is 11.7. The van der Waals surface area contributed by atoms with Crippen molar-refractivity contribution in [3.05, 3.63) is 59.2 Å². The molecule has 2 rings (SSSR count). The van der Waals surface area contributed by atoms with Crippen molar-refractivity contribution in [2.24, 2.45) is 0 Å². The van der Waals surface area contributed by atoms with E-state index in [-0.39, 0.29) is 12.1 Å². The van der Waals surface area contributed by atoms with Gasteiger partial charge in [-0.2, -0.15) is 0 Å². The van der Waals surface area contributed by atoms with E-state index in [2.05, 4.69) is 10.0 Å². The van der Waals surface area contributed by atoms with Crippen LogP contribution in [0.1, 0.15) is 37.0 Å². The zero-order valence-corrected chi connectivity index (χ0v) is 18.8. The lowest BCUT2D eigenvalue weighted by molar-refractivity contribution is -0.139. The molecule has 2 N–H and O–H groups in total. The number of hydrogen-bond donors (Lipinski definition) is 2. The van der Waals surface area contributed by atoms with Crippen molar-refractivity contribution in [3.8, 4) is 0 Å². The van der Waals surface area contributed by atoms with Crippen LogP contribution in [0.2, 0.25) is 0 Å². The quantitative estimate of drug-likeness (QED) is 0.203. The van der Waals surface area contributed by atoms with E-state index >= 15 is 0 Å². The standard InChI is InChI=1S/C21H24F4N2O5S/c1-3-31-19(32-4-2)6-5-9-26-33(29,30)18-10-13(7-8-15(18)22)21(28)27-14-11-16(23)20(25)17(24)12-14/h7-8,10-12,19,26H,3-6,9H2,1-2H3,(H,27,28). The maximum atomic E-state index is 14.2. The molecule has 7 nitrogen and oxygen atoms in total. The smallest absolute Gasteiger partial charge is 0.255 e. The molecule has 2 aromatic carbocycles. The minimum atomic E-state index is -4.32. The van der Waals surface area contributed by atoms with Crippen molar-refractivity contribution in [2.75, 3.05) is 25.1 Å². The molecule has 182 valence electrons. The molecule has 0 heterocycles. The largest absolute Gasteiger partial charge is 0.353 e. The average molecular weight is 492 g/mol. The monoisotopic (exact) mass is 492 g/mol. The van der Waals surface area contributed by atoms with Gasteiger partial charge in [0.05, 0.1) is 0 Å². The topological polar surface area (TPSA) is 93.7 Å². The van der Waals surface area contributed by atoms with Crippen molar-refractivity contribution in [1.29, 1.82) is 0 Å². The predicted octanol–water partition coefficient (Wildman–Crippen LogP) is 3.95. The van der Waals surface area contributed by atoms with Gasteiger partial charge in [-0.3, -0.25) is 4.79 Å². The van der Waals surface area contributed by atoms with Gasteiger partial charge < -0.3 is 14.8 Å². The SMILES string of the molecule is CCOC(CCCNS(=O)(=O)c1cc(C(=O)Nc2cc(F)c(F)c(F)c2)ccc1F)OCC.